The van der Waals surface area contributed by atoms with Crippen molar-refractivity contribution >= 4 is 28.4 Å². The Hall–Kier alpha value is -3.64. The van der Waals surface area contributed by atoms with Crippen molar-refractivity contribution in [3.8, 4) is 5.69 Å². The average Bonchev–Trinajstić information content (AvgIpc) is 3.20. The molecule has 0 radical (unpaired) electrons. The Balaban J connectivity index is 1.95. The Morgan fingerprint density at radius 2 is 1.92 bits per heavy atom. The van der Waals surface area contributed by atoms with E-state index in [2.05, 4.69) is 15.7 Å². The number of nitrogens with two attached hydrogens (primary N) is 1. The molecule has 5 N–H and O–H groups in total. The van der Waals surface area contributed by atoms with Crippen LogP contribution >= 0.6 is 0 Å². The number of likely N-dealkylation sites (N-methyl/N-ethyl adjacent to an activating group) is 1. The largest absolute Gasteiger partial charge is 0.420 e. The summed E-state index contributed by atoms with van der Waals surface area (Å²) in [5.41, 5.74) is 4.75. The van der Waals surface area contributed by atoms with Crippen LogP contribution in [0.15, 0.2) is 42.6 Å². The van der Waals surface area contributed by atoms with Gasteiger partial charge in [-0.25, -0.2) is 4.68 Å². The van der Waals surface area contributed by atoms with Crippen molar-refractivity contribution in [2.75, 3.05) is 32.5 Å². The van der Waals surface area contributed by atoms with Crippen LogP contribution in [0.3, 0.4) is 0 Å². The first-order valence-corrected chi connectivity index (χ1v) is 11.1. The number of amides is 2. The average molecular weight is 507 g/mol. The molecule has 0 saturated carbocycles. The Morgan fingerprint density at radius 1 is 1.22 bits per heavy atom. The van der Waals surface area contributed by atoms with Gasteiger partial charge in [-0.1, -0.05) is 6.07 Å². The van der Waals surface area contributed by atoms with E-state index in [4.69, 9.17) is 5.73 Å². The highest BCUT2D eigenvalue weighted by Gasteiger charge is 2.53. The molecule has 36 heavy (non-hydrogen) atoms. The molecular formula is C24H29F3N6O3. The fraction of sp³-hybridized carbons (Fsp3) is 0.375. The molecule has 12 heteroatoms. The minimum absolute atomic E-state index is 0.272. The summed E-state index contributed by atoms with van der Waals surface area (Å²) in [4.78, 5) is 25.0. The van der Waals surface area contributed by atoms with Crippen molar-refractivity contribution in [2.45, 2.75) is 31.7 Å². The fourth-order valence-electron chi connectivity index (χ4n) is 3.76. The molecule has 1 heterocycles. The third-order valence-electron chi connectivity index (χ3n) is 5.64. The van der Waals surface area contributed by atoms with Gasteiger partial charge in [-0.05, 0) is 63.8 Å². The number of nitrogens with zero attached hydrogens (tertiary/aromatic N) is 3. The van der Waals surface area contributed by atoms with E-state index in [1.807, 2.05) is 6.07 Å². The van der Waals surface area contributed by atoms with E-state index >= 15 is 0 Å². The lowest BCUT2D eigenvalue weighted by atomic mass is 10.0. The van der Waals surface area contributed by atoms with Gasteiger partial charge in [0.15, 0.2) is 5.60 Å². The number of aromatic nitrogens is 2. The second kappa shape index (κ2) is 10.2. The summed E-state index contributed by atoms with van der Waals surface area (Å²) in [7, 11) is 2.91. The van der Waals surface area contributed by atoms with E-state index in [0.717, 1.165) is 5.56 Å². The summed E-state index contributed by atoms with van der Waals surface area (Å²) >= 11 is 0. The molecule has 0 spiro atoms. The minimum atomic E-state index is -4.84. The number of carbonyl (C=O) groups is 2. The molecule has 0 saturated heterocycles. The van der Waals surface area contributed by atoms with E-state index in [-0.39, 0.29) is 5.56 Å². The van der Waals surface area contributed by atoms with Crippen molar-refractivity contribution in [1.82, 2.24) is 20.0 Å². The lowest BCUT2D eigenvalue weighted by Gasteiger charge is -2.33. The first-order chi connectivity index (χ1) is 16.7. The van der Waals surface area contributed by atoms with E-state index in [1.165, 1.54) is 32.1 Å². The van der Waals surface area contributed by atoms with Gasteiger partial charge in [0.2, 0.25) is 5.91 Å². The zero-order valence-electron chi connectivity index (χ0n) is 20.3. The first kappa shape index (κ1) is 27.0. The number of aryl methyl sites for hydroxylation is 1. The summed E-state index contributed by atoms with van der Waals surface area (Å²) in [6, 6.07) is 9.14. The van der Waals surface area contributed by atoms with Crippen LogP contribution < -0.4 is 16.4 Å². The number of aliphatic hydroxyl groups is 1. The van der Waals surface area contributed by atoms with Crippen LogP contribution in [-0.4, -0.2) is 76.6 Å². The van der Waals surface area contributed by atoms with Gasteiger partial charge < -0.3 is 26.4 Å². The van der Waals surface area contributed by atoms with Crippen LogP contribution in [0.5, 0.6) is 0 Å². The van der Waals surface area contributed by atoms with Crippen molar-refractivity contribution in [3.05, 3.63) is 53.7 Å². The molecule has 0 aliphatic heterocycles. The SMILES string of the molecule is Cc1cc(NCC(O)(CN(C)C)C(F)(F)F)c2cnn(-c3cccc(C(=O)N[C@H](C)C(N)=O)c3)c2c1. The molecule has 0 bridgehead atoms. The Kier molecular flexibility index (Phi) is 7.60. The number of nitrogens with one attached hydrogen (secondary N) is 2. The van der Waals surface area contributed by atoms with Crippen LogP contribution in [0.25, 0.3) is 16.6 Å². The van der Waals surface area contributed by atoms with E-state index in [0.29, 0.717) is 22.3 Å². The molecule has 1 unspecified atom stereocenters. The summed E-state index contributed by atoms with van der Waals surface area (Å²) in [5, 5.41) is 20.5. The standard InChI is InChI=1S/C24H29F3N6O3/c1-14-8-19(29-12-23(36,13-32(3)4)24(25,26)27)18-11-30-33(20(18)9-14)17-7-5-6-16(10-17)22(35)31-15(2)21(28)34/h5-11,15,29,36H,12-13H2,1-4H3,(H2,28,34)(H,31,35)/t15-,23?/m1/s1. The molecule has 1 aromatic heterocycles. The number of rotatable bonds is 9. The lowest BCUT2D eigenvalue weighted by molar-refractivity contribution is -0.257. The first-order valence-electron chi connectivity index (χ1n) is 11.1. The predicted octanol–water partition coefficient (Wildman–Crippen LogP) is 2.20. The molecule has 2 amide bonds. The second-order valence-electron chi connectivity index (χ2n) is 9.07. The van der Waals surface area contributed by atoms with Gasteiger partial charge in [-0.2, -0.15) is 18.3 Å². The van der Waals surface area contributed by atoms with E-state index < -0.39 is 42.7 Å². The zero-order valence-corrected chi connectivity index (χ0v) is 20.3. The van der Waals surface area contributed by atoms with Gasteiger partial charge in [-0.3, -0.25) is 9.59 Å². The number of hydrogen-bond donors (Lipinski definition) is 4. The van der Waals surface area contributed by atoms with Crippen molar-refractivity contribution < 1.29 is 27.9 Å². The molecule has 3 aromatic rings. The molecule has 0 aliphatic carbocycles. The minimum Gasteiger partial charge on any atom is -0.381 e. The molecule has 0 aliphatic rings. The number of hydrogen-bond acceptors (Lipinski definition) is 6. The van der Waals surface area contributed by atoms with Gasteiger partial charge >= 0.3 is 6.18 Å². The molecule has 3 rings (SSSR count). The number of carbonyl (C=O) groups excluding carboxylic acids is 2. The third kappa shape index (κ3) is 5.77. The Morgan fingerprint density at radius 3 is 2.53 bits per heavy atom. The fourth-order valence-corrected chi connectivity index (χ4v) is 3.76. The molecule has 194 valence electrons. The van der Waals surface area contributed by atoms with E-state index in [9.17, 15) is 27.9 Å². The zero-order chi connectivity index (χ0) is 26.8. The summed E-state index contributed by atoms with van der Waals surface area (Å²) in [5.74, 6) is -1.17. The lowest BCUT2D eigenvalue weighted by Crippen LogP contribution is -2.56. The maximum Gasteiger partial charge on any atom is 0.420 e. The number of alkyl halides is 3. The van der Waals surface area contributed by atoms with Crippen LogP contribution in [0.4, 0.5) is 18.9 Å². The maximum atomic E-state index is 13.6. The van der Waals surface area contributed by atoms with Crippen LogP contribution in [0.1, 0.15) is 22.8 Å². The number of fused-ring (bicyclic) bond motifs is 1. The highest BCUT2D eigenvalue weighted by molar-refractivity contribution is 5.98. The van der Waals surface area contributed by atoms with Gasteiger partial charge in [0, 0.05) is 23.2 Å². The van der Waals surface area contributed by atoms with Crippen LogP contribution in [0, 0.1) is 6.92 Å². The number of halogens is 3. The summed E-state index contributed by atoms with van der Waals surface area (Å²) in [6.07, 6.45) is -3.35. The molecule has 0 fully saturated rings. The Labute approximate surface area is 206 Å². The normalized spacial score (nSPS) is 14.5. The highest BCUT2D eigenvalue weighted by Crippen LogP contribution is 2.33. The van der Waals surface area contributed by atoms with Crippen molar-refractivity contribution in [3.63, 3.8) is 0 Å². The Bertz CT molecular complexity index is 1270. The topological polar surface area (TPSA) is 126 Å². The monoisotopic (exact) mass is 506 g/mol. The quantitative estimate of drug-likeness (QED) is 0.353. The second-order valence-corrected chi connectivity index (χ2v) is 9.07. The molecule has 9 nitrogen and oxygen atoms in total. The van der Waals surface area contributed by atoms with Crippen molar-refractivity contribution in [2.24, 2.45) is 5.73 Å². The van der Waals surface area contributed by atoms with Gasteiger partial charge in [0.25, 0.3) is 5.91 Å². The predicted molar refractivity (Wildman–Crippen MR) is 130 cm³/mol. The third-order valence-corrected chi connectivity index (χ3v) is 5.64. The molecule has 2 atom stereocenters. The summed E-state index contributed by atoms with van der Waals surface area (Å²) < 4.78 is 42.4. The van der Waals surface area contributed by atoms with Crippen molar-refractivity contribution in [1.29, 1.82) is 0 Å². The summed E-state index contributed by atoms with van der Waals surface area (Å²) in [6.45, 7) is 1.89. The smallest absolute Gasteiger partial charge is 0.381 e. The van der Waals surface area contributed by atoms with Gasteiger partial charge in [-0.15, -0.1) is 0 Å². The van der Waals surface area contributed by atoms with E-state index in [1.54, 1.807) is 41.9 Å². The van der Waals surface area contributed by atoms with Crippen LogP contribution in [-0.2, 0) is 4.79 Å². The highest BCUT2D eigenvalue weighted by atomic mass is 19.4. The van der Waals surface area contributed by atoms with Gasteiger partial charge in [0.1, 0.15) is 6.04 Å². The van der Waals surface area contributed by atoms with Crippen LogP contribution in [0.2, 0.25) is 0 Å². The number of anilines is 1. The number of primary amides is 1. The molecular weight excluding hydrogens is 477 g/mol. The van der Waals surface area contributed by atoms with Gasteiger partial charge in [0.05, 0.1) is 23.9 Å². The maximum absolute atomic E-state index is 13.6. The number of benzene rings is 2. The molecule has 2 aromatic carbocycles.